The maximum absolute atomic E-state index is 13.3. The van der Waals surface area contributed by atoms with Crippen LogP contribution in [0.3, 0.4) is 0 Å². The van der Waals surface area contributed by atoms with E-state index in [9.17, 15) is 9.18 Å². The number of rotatable bonds is 6. The topological polar surface area (TPSA) is 54.5 Å². The Morgan fingerprint density at radius 2 is 2.06 bits per heavy atom. The fourth-order valence-corrected chi connectivity index (χ4v) is 4.08. The van der Waals surface area contributed by atoms with E-state index in [1.807, 2.05) is 48.2 Å². The first-order valence-corrected chi connectivity index (χ1v) is 11.6. The van der Waals surface area contributed by atoms with Gasteiger partial charge >= 0.3 is 6.03 Å². The highest BCUT2D eigenvalue weighted by Crippen LogP contribution is 2.26. The van der Waals surface area contributed by atoms with Gasteiger partial charge in [0.15, 0.2) is 0 Å². The lowest BCUT2D eigenvalue weighted by atomic mass is 9.91. The molecule has 6 heteroatoms. The molecule has 1 atom stereocenters. The van der Waals surface area contributed by atoms with E-state index in [0.717, 1.165) is 29.0 Å². The highest BCUT2D eigenvalue weighted by molar-refractivity contribution is 5.89. The number of amides is 2. The zero-order valence-corrected chi connectivity index (χ0v) is 19.6. The van der Waals surface area contributed by atoms with Gasteiger partial charge in [-0.1, -0.05) is 42.8 Å². The van der Waals surface area contributed by atoms with E-state index in [1.165, 1.54) is 17.7 Å². The number of anilines is 1. The normalized spacial score (nSPS) is 17.0. The van der Waals surface area contributed by atoms with Crippen molar-refractivity contribution in [2.75, 3.05) is 25.0 Å². The fourth-order valence-electron chi connectivity index (χ4n) is 4.08. The predicted molar refractivity (Wildman–Crippen MR) is 133 cm³/mol. The third-order valence-corrected chi connectivity index (χ3v) is 6.01. The van der Waals surface area contributed by atoms with E-state index in [1.54, 1.807) is 12.3 Å². The quantitative estimate of drug-likeness (QED) is 0.484. The molecule has 4 rings (SSSR count). The molecule has 1 unspecified atom stereocenters. The van der Waals surface area contributed by atoms with E-state index < -0.39 is 0 Å². The number of hydrogen-bond donors (Lipinski definition) is 1. The van der Waals surface area contributed by atoms with Crippen LogP contribution in [-0.4, -0.2) is 35.6 Å². The first-order valence-electron chi connectivity index (χ1n) is 11.6. The van der Waals surface area contributed by atoms with Crippen LogP contribution in [0.25, 0.3) is 6.08 Å². The minimum atomic E-state index is -0.226. The molecule has 1 aliphatic heterocycles. The second-order valence-corrected chi connectivity index (χ2v) is 8.74. The number of urea groups is 1. The van der Waals surface area contributed by atoms with Gasteiger partial charge in [0.25, 0.3) is 0 Å². The maximum atomic E-state index is 13.3. The van der Waals surface area contributed by atoms with Crippen molar-refractivity contribution in [3.05, 3.63) is 95.1 Å². The Morgan fingerprint density at radius 3 is 2.82 bits per heavy atom. The summed E-state index contributed by atoms with van der Waals surface area (Å²) in [6.07, 6.45) is 5.35. The van der Waals surface area contributed by atoms with Crippen molar-refractivity contribution < 1.29 is 13.9 Å². The Balaban J connectivity index is 1.31. The number of aryl methyl sites for hydroxylation is 1. The highest BCUT2D eigenvalue weighted by Gasteiger charge is 2.24. The molecule has 0 saturated carbocycles. The van der Waals surface area contributed by atoms with Gasteiger partial charge in [-0.05, 0) is 66.8 Å². The summed E-state index contributed by atoms with van der Waals surface area (Å²) in [5, 5.41) is 2.93. The fraction of sp³-hybridized carbons (Fsp3) is 0.286. The number of carbonyl (C=O) groups is 1. The van der Waals surface area contributed by atoms with E-state index in [4.69, 9.17) is 4.74 Å². The van der Waals surface area contributed by atoms with Crippen LogP contribution in [0.1, 0.15) is 30.2 Å². The predicted octanol–water partition coefficient (Wildman–Crippen LogP) is 6.11. The number of ether oxygens (including phenoxy) is 1. The smallest absolute Gasteiger partial charge is 0.321 e. The van der Waals surface area contributed by atoms with Crippen LogP contribution in [0.5, 0.6) is 5.75 Å². The van der Waals surface area contributed by atoms with Gasteiger partial charge in [0, 0.05) is 25.2 Å². The number of carbonyl (C=O) groups excluding carboxylic acids is 1. The second kappa shape index (κ2) is 11.0. The largest absolute Gasteiger partial charge is 0.493 e. The number of halogens is 1. The Hall–Kier alpha value is -3.67. The van der Waals surface area contributed by atoms with Crippen molar-refractivity contribution >= 4 is 17.8 Å². The summed E-state index contributed by atoms with van der Waals surface area (Å²) in [6, 6.07) is 18.3. The van der Waals surface area contributed by atoms with E-state index in [2.05, 4.69) is 29.4 Å². The van der Waals surface area contributed by atoms with Crippen LogP contribution in [0.4, 0.5) is 14.9 Å². The molecule has 0 radical (unpaired) electrons. The third-order valence-electron chi connectivity index (χ3n) is 6.01. The molecule has 0 spiro atoms. The van der Waals surface area contributed by atoms with Crippen molar-refractivity contribution in [3.8, 4) is 5.75 Å². The summed E-state index contributed by atoms with van der Waals surface area (Å²) < 4.78 is 19.2. The highest BCUT2D eigenvalue weighted by atomic mass is 19.1. The number of piperidine rings is 1. The molecule has 1 fully saturated rings. The van der Waals surface area contributed by atoms with Crippen molar-refractivity contribution in [2.45, 2.75) is 26.7 Å². The van der Waals surface area contributed by atoms with Gasteiger partial charge in [-0.25, -0.2) is 9.18 Å². The van der Waals surface area contributed by atoms with Crippen LogP contribution >= 0.6 is 0 Å². The van der Waals surface area contributed by atoms with Crippen LogP contribution in [0, 0.1) is 18.7 Å². The molecular formula is C28H30FN3O2. The van der Waals surface area contributed by atoms with Crippen LogP contribution in [0.15, 0.2) is 72.4 Å². The van der Waals surface area contributed by atoms with Gasteiger partial charge in [0.1, 0.15) is 11.6 Å². The monoisotopic (exact) mass is 459 g/mol. The van der Waals surface area contributed by atoms with E-state index in [0.29, 0.717) is 31.8 Å². The lowest BCUT2D eigenvalue weighted by Crippen LogP contribution is -2.42. The second-order valence-electron chi connectivity index (χ2n) is 8.74. The van der Waals surface area contributed by atoms with Gasteiger partial charge in [0.2, 0.25) is 0 Å². The summed E-state index contributed by atoms with van der Waals surface area (Å²) in [4.78, 5) is 18.7. The Kier molecular flexibility index (Phi) is 7.58. The summed E-state index contributed by atoms with van der Waals surface area (Å²) in [5.41, 5.74) is 4.94. The average molecular weight is 460 g/mol. The minimum absolute atomic E-state index is 0.0924. The van der Waals surface area contributed by atoms with Crippen LogP contribution < -0.4 is 10.1 Å². The first-order chi connectivity index (χ1) is 16.5. The molecule has 34 heavy (non-hydrogen) atoms. The molecule has 2 heterocycles. The molecule has 176 valence electrons. The zero-order valence-electron chi connectivity index (χ0n) is 19.6. The Morgan fingerprint density at radius 1 is 1.21 bits per heavy atom. The lowest BCUT2D eigenvalue weighted by molar-refractivity contribution is 0.198. The molecule has 0 aliphatic carbocycles. The first kappa shape index (κ1) is 23.5. The number of benzene rings is 2. The number of aromatic nitrogens is 1. The number of hydrogen-bond acceptors (Lipinski definition) is 3. The maximum Gasteiger partial charge on any atom is 0.321 e. The van der Waals surface area contributed by atoms with Crippen molar-refractivity contribution in [1.82, 2.24) is 9.88 Å². The summed E-state index contributed by atoms with van der Waals surface area (Å²) in [5.74, 6) is 0.825. The van der Waals surface area contributed by atoms with E-state index in [-0.39, 0.29) is 17.8 Å². The molecule has 2 amide bonds. The Bertz CT molecular complexity index is 1160. The van der Waals surface area contributed by atoms with Gasteiger partial charge in [-0.3, -0.25) is 4.98 Å². The number of likely N-dealkylation sites (tertiary alicyclic amines) is 1. The average Bonchev–Trinajstić information content (AvgIpc) is 2.82. The molecule has 0 bridgehead atoms. The van der Waals surface area contributed by atoms with Crippen molar-refractivity contribution in [3.63, 3.8) is 0 Å². The Labute approximate surface area is 200 Å². The molecule has 1 aliphatic rings. The summed E-state index contributed by atoms with van der Waals surface area (Å²) in [6.45, 7) is 5.89. The van der Waals surface area contributed by atoms with Crippen LogP contribution in [0.2, 0.25) is 0 Å². The van der Waals surface area contributed by atoms with Crippen LogP contribution in [-0.2, 0) is 6.42 Å². The molecule has 1 aromatic heterocycles. The molecule has 3 aromatic rings. The van der Waals surface area contributed by atoms with Crippen molar-refractivity contribution in [2.24, 2.45) is 5.92 Å². The summed E-state index contributed by atoms with van der Waals surface area (Å²) in [7, 11) is 0. The lowest BCUT2D eigenvalue weighted by Gasteiger charge is -2.33. The number of nitrogens with one attached hydrogen (secondary N) is 1. The van der Waals surface area contributed by atoms with Gasteiger partial charge in [0.05, 0.1) is 18.5 Å². The molecule has 2 aromatic carbocycles. The van der Waals surface area contributed by atoms with E-state index >= 15 is 0 Å². The number of pyridine rings is 1. The minimum Gasteiger partial charge on any atom is -0.493 e. The number of nitrogens with zero attached hydrogens (tertiary/aromatic N) is 2. The molecule has 1 N–H and O–H groups in total. The zero-order chi connectivity index (χ0) is 23.9. The van der Waals surface area contributed by atoms with Gasteiger partial charge in [-0.15, -0.1) is 0 Å². The third kappa shape index (κ3) is 6.44. The SMILES string of the molecule is Cc1ccc(NC(=O)N2CCC(=Cc3cccc(OCCc4cccc(F)c4)c3)C(C)C2)cn1. The van der Waals surface area contributed by atoms with Gasteiger partial charge < -0.3 is 15.0 Å². The molecule has 5 nitrogen and oxygen atoms in total. The molecule has 1 saturated heterocycles. The summed E-state index contributed by atoms with van der Waals surface area (Å²) >= 11 is 0. The standard InChI is InChI=1S/C28H30FN3O2/c1-20-19-32(28(33)31-26-10-9-21(2)30-18-26)13-11-24(20)15-23-6-4-8-27(17-23)34-14-12-22-5-3-7-25(29)16-22/h3-10,15-18,20H,11-14,19H2,1-2H3,(H,31,33). The van der Waals surface area contributed by atoms with Crippen molar-refractivity contribution in [1.29, 1.82) is 0 Å². The van der Waals surface area contributed by atoms with Gasteiger partial charge in [-0.2, -0.15) is 0 Å². The molecular weight excluding hydrogens is 429 g/mol.